The predicted octanol–water partition coefficient (Wildman–Crippen LogP) is 11.8. The topological polar surface area (TPSA) is 73.0 Å². The van der Waals surface area contributed by atoms with Crippen molar-refractivity contribution in [3.8, 4) is 51.6 Å². The van der Waals surface area contributed by atoms with Crippen LogP contribution >= 0.6 is 0 Å². The third kappa shape index (κ3) is 6.09. The van der Waals surface area contributed by atoms with E-state index in [0.717, 1.165) is 61.1 Å². The molecule has 7 nitrogen and oxygen atoms in total. The van der Waals surface area contributed by atoms with Crippen LogP contribution in [0.5, 0.6) is 11.5 Å². The Labute approximate surface area is 308 Å². The molecule has 5 aromatic carbocycles. The third-order valence-corrected chi connectivity index (χ3v) is 9.70. The molecule has 0 atom stereocenters. The number of benzene rings is 5. The van der Waals surface area contributed by atoms with Gasteiger partial charge in [0.25, 0.3) is 0 Å². The monoisotopic (exact) mass is 688 g/mol. The van der Waals surface area contributed by atoms with Crippen LogP contribution in [0, 0.1) is 31.8 Å². The van der Waals surface area contributed by atoms with Gasteiger partial charge in [-0.05, 0) is 114 Å². The molecule has 0 fully saturated rings. The van der Waals surface area contributed by atoms with Crippen molar-refractivity contribution in [2.45, 2.75) is 40.0 Å². The summed E-state index contributed by atoms with van der Waals surface area (Å²) in [4.78, 5) is 13.4. The molecule has 0 saturated heterocycles. The van der Waals surface area contributed by atoms with Gasteiger partial charge in [0.15, 0.2) is 5.69 Å². The summed E-state index contributed by atoms with van der Waals surface area (Å²) in [7, 11) is 0. The van der Waals surface area contributed by atoms with Crippen molar-refractivity contribution in [2.24, 2.45) is 0 Å². The van der Waals surface area contributed by atoms with E-state index in [1.165, 1.54) is 5.56 Å². The minimum atomic E-state index is -0.0775. The van der Waals surface area contributed by atoms with Gasteiger partial charge in [-0.2, -0.15) is 5.26 Å². The van der Waals surface area contributed by atoms with Crippen molar-refractivity contribution in [2.75, 3.05) is 0 Å². The Morgan fingerprint density at radius 1 is 0.717 bits per heavy atom. The highest BCUT2D eigenvalue weighted by atomic mass is 16.5. The molecule has 53 heavy (non-hydrogen) atoms. The maximum Gasteiger partial charge on any atom is 0.191 e. The van der Waals surface area contributed by atoms with E-state index in [1.807, 2.05) is 73.1 Å². The highest BCUT2D eigenvalue weighted by Crippen LogP contribution is 2.39. The van der Waals surface area contributed by atoms with Crippen molar-refractivity contribution in [3.63, 3.8) is 0 Å². The lowest BCUT2D eigenvalue weighted by Crippen LogP contribution is -2.12. The number of imidazole rings is 1. The highest BCUT2D eigenvalue weighted by Gasteiger charge is 2.20. The molecule has 0 radical (unpaired) electrons. The summed E-state index contributed by atoms with van der Waals surface area (Å²) in [6, 6.07) is 38.5. The summed E-state index contributed by atoms with van der Waals surface area (Å²) >= 11 is 0. The molecule has 0 aliphatic heterocycles. The molecule has 8 rings (SSSR count). The number of hydrogen-bond acceptors (Lipinski definition) is 4. The molecule has 0 unspecified atom stereocenters. The molecule has 7 heteroatoms. The van der Waals surface area contributed by atoms with Crippen LogP contribution in [-0.4, -0.2) is 19.1 Å². The molecule has 0 bridgehead atoms. The van der Waals surface area contributed by atoms with Crippen molar-refractivity contribution >= 4 is 27.5 Å². The fourth-order valence-electron chi connectivity index (χ4n) is 7.19. The van der Waals surface area contributed by atoms with Gasteiger partial charge >= 0.3 is 0 Å². The Balaban J connectivity index is 1.21. The number of aryl methyl sites for hydroxylation is 2. The first kappa shape index (κ1) is 33.2. The maximum atomic E-state index is 9.77. The van der Waals surface area contributed by atoms with Gasteiger partial charge in [0.1, 0.15) is 23.1 Å². The second-order valence-electron chi connectivity index (χ2n) is 14.4. The average Bonchev–Trinajstić information content (AvgIpc) is 3.77. The largest absolute Gasteiger partial charge is 0.459 e. The predicted molar refractivity (Wildman–Crippen MR) is 212 cm³/mol. The Morgan fingerprint density at radius 2 is 1.45 bits per heavy atom. The number of nitriles is 1. The number of aromatic nitrogens is 4. The zero-order valence-electron chi connectivity index (χ0n) is 30.2. The summed E-state index contributed by atoms with van der Waals surface area (Å²) in [6.07, 6.45) is 5.59. The minimum Gasteiger partial charge on any atom is -0.459 e. The zero-order valence-corrected chi connectivity index (χ0v) is 30.2. The number of fused-ring (bicyclic) bond motifs is 3. The quantitative estimate of drug-likeness (QED) is 0.163. The zero-order chi connectivity index (χ0) is 36.9. The van der Waals surface area contributed by atoms with Crippen LogP contribution in [0.15, 0.2) is 128 Å². The first-order chi connectivity index (χ1) is 25.6. The van der Waals surface area contributed by atoms with Gasteiger partial charge in [-0.3, -0.25) is 9.13 Å². The van der Waals surface area contributed by atoms with Crippen LogP contribution in [0.2, 0.25) is 0 Å². The summed E-state index contributed by atoms with van der Waals surface area (Å²) in [6.45, 7) is 18.7. The SMILES string of the molecule is [C-]#[N+]c1cc(Oc2ccc3c4ccc(C#N)cc4n(-c4cc(C(C)(C)C)ccn4)c3c2)cc(-c2nccn2-c2c(C)cc(-c3ccccc3)cc2C)c1. The second-order valence-corrected chi connectivity index (χ2v) is 14.4. The lowest BCUT2D eigenvalue weighted by atomic mass is 9.88. The number of ether oxygens (including phenoxy) is 1. The maximum absolute atomic E-state index is 9.77. The van der Waals surface area contributed by atoms with E-state index in [9.17, 15) is 5.26 Å². The third-order valence-electron chi connectivity index (χ3n) is 9.70. The van der Waals surface area contributed by atoms with Gasteiger partial charge in [-0.15, -0.1) is 0 Å². The summed E-state index contributed by atoms with van der Waals surface area (Å²) in [5, 5.41) is 11.8. The fourth-order valence-corrected chi connectivity index (χ4v) is 7.19. The lowest BCUT2D eigenvalue weighted by molar-refractivity contribution is 0.484. The molecule has 0 spiro atoms. The van der Waals surface area contributed by atoms with Crippen LogP contribution in [0.3, 0.4) is 0 Å². The van der Waals surface area contributed by atoms with E-state index in [4.69, 9.17) is 21.3 Å². The van der Waals surface area contributed by atoms with Crippen LogP contribution in [-0.2, 0) is 5.41 Å². The van der Waals surface area contributed by atoms with Gasteiger partial charge < -0.3 is 4.74 Å². The second kappa shape index (κ2) is 13.0. The smallest absolute Gasteiger partial charge is 0.191 e. The van der Waals surface area contributed by atoms with E-state index in [1.54, 1.807) is 12.3 Å². The molecule has 0 saturated carbocycles. The standard InChI is InChI=1S/C46H36N6O/c1-29-20-33(32-10-8-7-9-11-32)21-30(2)44(29)51-19-18-50-45(51)34-23-36(48-6)26-38(24-34)53-37-13-15-40-39-14-12-31(28-47)22-41(39)52(42(40)27-37)43-25-35(16-17-49-43)46(3,4)5/h7-27H,1-5H3. The van der Waals surface area contributed by atoms with Gasteiger partial charge in [0.2, 0.25) is 0 Å². The number of pyridine rings is 1. The normalized spacial score (nSPS) is 11.5. The van der Waals surface area contributed by atoms with Gasteiger partial charge in [0.05, 0.1) is 34.9 Å². The molecule has 3 aromatic heterocycles. The van der Waals surface area contributed by atoms with Gasteiger partial charge in [-0.1, -0.05) is 57.2 Å². The average molecular weight is 689 g/mol. The summed E-state index contributed by atoms with van der Waals surface area (Å²) < 4.78 is 10.8. The van der Waals surface area contributed by atoms with E-state index < -0.39 is 0 Å². The Morgan fingerprint density at radius 3 is 2.17 bits per heavy atom. The van der Waals surface area contributed by atoms with Crippen LogP contribution < -0.4 is 4.74 Å². The molecule has 256 valence electrons. The molecule has 0 aliphatic carbocycles. The van der Waals surface area contributed by atoms with E-state index >= 15 is 0 Å². The Kier molecular flexibility index (Phi) is 8.13. The molecule has 3 heterocycles. The van der Waals surface area contributed by atoms with E-state index in [-0.39, 0.29) is 5.41 Å². The highest BCUT2D eigenvalue weighted by molar-refractivity contribution is 6.09. The molecule has 0 aliphatic rings. The van der Waals surface area contributed by atoms with E-state index in [0.29, 0.717) is 28.6 Å². The summed E-state index contributed by atoms with van der Waals surface area (Å²) in [5.41, 5.74) is 10.3. The fraction of sp³-hybridized carbons (Fsp3) is 0.130. The number of rotatable bonds is 6. The van der Waals surface area contributed by atoms with Crippen LogP contribution in [0.25, 0.3) is 60.7 Å². The number of nitrogens with zero attached hydrogens (tertiary/aromatic N) is 6. The Bertz CT molecular complexity index is 2760. The molecule has 8 aromatic rings. The van der Waals surface area contributed by atoms with Crippen LogP contribution in [0.1, 0.15) is 43.0 Å². The summed E-state index contributed by atoms with van der Waals surface area (Å²) in [5.74, 6) is 2.61. The first-order valence-corrected chi connectivity index (χ1v) is 17.5. The molecule has 0 amide bonds. The number of hydrogen-bond donors (Lipinski definition) is 0. The van der Waals surface area contributed by atoms with Crippen molar-refractivity contribution < 1.29 is 4.74 Å². The molecular formula is C46H36N6O. The van der Waals surface area contributed by atoms with Gasteiger partial charge in [0, 0.05) is 41.0 Å². The van der Waals surface area contributed by atoms with Crippen molar-refractivity contribution in [3.05, 3.63) is 161 Å². The van der Waals surface area contributed by atoms with Gasteiger partial charge in [-0.25, -0.2) is 14.8 Å². The first-order valence-electron chi connectivity index (χ1n) is 17.5. The van der Waals surface area contributed by atoms with Crippen molar-refractivity contribution in [1.82, 2.24) is 19.1 Å². The van der Waals surface area contributed by atoms with E-state index in [2.05, 4.69) is 97.1 Å². The molecular weight excluding hydrogens is 653 g/mol. The van der Waals surface area contributed by atoms with Crippen LogP contribution in [0.4, 0.5) is 5.69 Å². The molecule has 0 N–H and O–H groups in total. The minimum absolute atomic E-state index is 0.0775. The Hall–Kier alpha value is -6.96. The lowest BCUT2D eigenvalue weighted by Gasteiger charge is -2.20. The van der Waals surface area contributed by atoms with Crippen molar-refractivity contribution in [1.29, 1.82) is 5.26 Å².